The van der Waals surface area contributed by atoms with Gasteiger partial charge in [0.15, 0.2) is 0 Å². The van der Waals surface area contributed by atoms with Crippen molar-refractivity contribution >= 4 is 22.6 Å². The predicted molar refractivity (Wildman–Crippen MR) is 89.7 cm³/mol. The van der Waals surface area contributed by atoms with E-state index >= 15 is 0 Å². The number of amides is 2. The van der Waals surface area contributed by atoms with Gasteiger partial charge in [0.25, 0.3) is 0 Å². The lowest BCUT2D eigenvalue weighted by Gasteiger charge is -2.18. The first kappa shape index (κ1) is 14.7. The van der Waals surface area contributed by atoms with Crippen LogP contribution in [0.1, 0.15) is 29.9 Å². The molecule has 1 aliphatic rings. The minimum atomic E-state index is -0.190. The van der Waals surface area contributed by atoms with Crippen molar-refractivity contribution in [1.29, 1.82) is 0 Å². The van der Waals surface area contributed by atoms with Gasteiger partial charge in [-0.2, -0.15) is 5.10 Å². The van der Waals surface area contributed by atoms with E-state index in [1.807, 2.05) is 18.2 Å². The van der Waals surface area contributed by atoms with Gasteiger partial charge < -0.3 is 14.7 Å². The third-order valence-electron chi connectivity index (χ3n) is 4.48. The van der Waals surface area contributed by atoms with Gasteiger partial charge in [0.05, 0.1) is 23.9 Å². The normalized spacial score (nSPS) is 13.7. The van der Waals surface area contributed by atoms with Gasteiger partial charge in [-0.25, -0.2) is 4.79 Å². The van der Waals surface area contributed by atoms with Crippen LogP contribution in [-0.2, 0) is 19.4 Å². The van der Waals surface area contributed by atoms with Crippen LogP contribution in [0.5, 0.6) is 0 Å². The number of aromatic amines is 1. The molecular formula is C17H19N5O2. The number of para-hydroxylation sites is 1. The monoisotopic (exact) mass is 325 g/mol. The highest BCUT2D eigenvalue weighted by Gasteiger charge is 2.21. The van der Waals surface area contributed by atoms with Crippen molar-refractivity contribution < 1.29 is 9.32 Å². The average Bonchev–Trinajstić information content (AvgIpc) is 3.23. The van der Waals surface area contributed by atoms with E-state index in [9.17, 15) is 4.79 Å². The fraction of sp³-hybridized carbons (Fsp3) is 0.353. The molecule has 0 unspecified atom stereocenters. The molecule has 2 aromatic heterocycles. The molecule has 0 spiro atoms. The number of aromatic nitrogens is 3. The van der Waals surface area contributed by atoms with Gasteiger partial charge in [-0.1, -0.05) is 17.3 Å². The molecule has 2 N–H and O–H groups in total. The Balaban J connectivity index is 1.48. The molecular weight excluding hydrogens is 306 g/mol. The molecule has 2 heterocycles. The van der Waals surface area contributed by atoms with Gasteiger partial charge in [-0.3, -0.25) is 5.10 Å². The number of anilines is 1. The second-order valence-corrected chi connectivity index (χ2v) is 6.16. The molecule has 0 aliphatic heterocycles. The van der Waals surface area contributed by atoms with E-state index < -0.39 is 0 Å². The van der Waals surface area contributed by atoms with Gasteiger partial charge in [0, 0.05) is 24.4 Å². The highest BCUT2D eigenvalue weighted by atomic mass is 16.5. The lowest BCUT2D eigenvalue weighted by atomic mass is 9.96. The predicted octanol–water partition coefficient (Wildman–Crippen LogP) is 3.09. The second-order valence-electron chi connectivity index (χ2n) is 6.16. The van der Waals surface area contributed by atoms with Crippen LogP contribution in [0, 0.1) is 0 Å². The Morgan fingerprint density at radius 1 is 1.38 bits per heavy atom. The summed E-state index contributed by atoms with van der Waals surface area (Å²) >= 11 is 0. The summed E-state index contributed by atoms with van der Waals surface area (Å²) in [6.45, 7) is 0.434. The maximum atomic E-state index is 12.5. The smallest absolute Gasteiger partial charge is 0.322 e. The third-order valence-corrected chi connectivity index (χ3v) is 4.48. The summed E-state index contributed by atoms with van der Waals surface area (Å²) in [5.74, 6) is 0.979. The average molecular weight is 325 g/mol. The number of aryl methyl sites for hydroxylation is 1. The van der Waals surface area contributed by atoms with E-state index in [0.29, 0.717) is 12.2 Å². The molecule has 1 aliphatic carbocycles. The fourth-order valence-corrected chi connectivity index (χ4v) is 3.15. The molecule has 0 bridgehead atoms. The van der Waals surface area contributed by atoms with Crippen LogP contribution >= 0.6 is 0 Å². The highest BCUT2D eigenvalue weighted by molar-refractivity contribution is 5.99. The van der Waals surface area contributed by atoms with Crippen molar-refractivity contribution in [1.82, 2.24) is 20.3 Å². The molecule has 3 aromatic rings. The molecule has 1 aromatic carbocycles. The van der Waals surface area contributed by atoms with Crippen molar-refractivity contribution in [3.8, 4) is 0 Å². The summed E-state index contributed by atoms with van der Waals surface area (Å²) in [6, 6.07) is 5.50. The minimum absolute atomic E-state index is 0.190. The van der Waals surface area contributed by atoms with Crippen molar-refractivity contribution in [3.05, 3.63) is 41.4 Å². The first-order valence-corrected chi connectivity index (χ1v) is 8.13. The van der Waals surface area contributed by atoms with E-state index in [1.165, 1.54) is 5.56 Å². The van der Waals surface area contributed by atoms with Gasteiger partial charge in [-0.05, 0) is 25.3 Å². The summed E-state index contributed by atoms with van der Waals surface area (Å²) in [6.07, 6.45) is 5.96. The second kappa shape index (κ2) is 5.99. The number of hydrogen-bond acceptors (Lipinski definition) is 4. The number of rotatable bonds is 3. The van der Waals surface area contributed by atoms with Crippen LogP contribution in [0.2, 0.25) is 0 Å². The van der Waals surface area contributed by atoms with E-state index in [0.717, 1.165) is 48.0 Å². The number of benzene rings is 1. The standard InChI is InChI=1S/C17H19N5O2/c1-22(10-14-12-6-2-3-8-15(12)24-21-14)17(23)19-13-7-4-5-11-9-18-20-16(11)13/h4-5,7,9H,2-3,6,8,10H2,1H3,(H,18,20)(H,19,23). The molecule has 0 radical (unpaired) electrons. The zero-order valence-corrected chi connectivity index (χ0v) is 13.5. The van der Waals surface area contributed by atoms with Crippen molar-refractivity contribution in [2.75, 3.05) is 12.4 Å². The zero-order valence-electron chi connectivity index (χ0n) is 13.5. The Labute approximate surface area is 139 Å². The highest BCUT2D eigenvalue weighted by Crippen LogP contribution is 2.25. The topological polar surface area (TPSA) is 87.1 Å². The molecule has 0 atom stereocenters. The lowest BCUT2D eigenvalue weighted by Crippen LogP contribution is -2.31. The number of carbonyl (C=O) groups is 1. The van der Waals surface area contributed by atoms with Crippen LogP contribution in [0.3, 0.4) is 0 Å². The Hall–Kier alpha value is -2.83. The Morgan fingerprint density at radius 2 is 2.25 bits per heavy atom. The first-order chi connectivity index (χ1) is 11.7. The van der Waals surface area contributed by atoms with Crippen LogP contribution < -0.4 is 5.32 Å². The molecule has 0 fully saturated rings. The maximum Gasteiger partial charge on any atom is 0.322 e. The maximum absolute atomic E-state index is 12.5. The molecule has 0 saturated heterocycles. The molecule has 2 amide bonds. The first-order valence-electron chi connectivity index (χ1n) is 8.13. The largest absolute Gasteiger partial charge is 0.361 e. The Morgan fingerprint density at radius 3 is 3.17 bits per heavy atom. The number of hydrogen-bond donors (Lipinski definition) is 2. The summed E-state index contributed by atoms with van der Waals surface area (Å²) in [7, 11) is 1.76. The van der Waals surface area contributed by atoms with E-state index in [-0.39, 0.29) is 6.03 Å². The van der Waals surface area contributed by atoms with E-state index in [1.54, 1.807) is 18.1 Å². The van der Waals surface area contributed by atoms with Crippen molar-refractivity contribution in [2.24, 2.45) is 0 Å². The molecule has 124 valence electrons. The van der Waals surface area contributed by atoms with Crippen LogP contribution in [0.15, 0.2) is 28.9 Å². The third kappa shape index (κ3) is 2.62. The van der Waals surface area contributed by atoms with Crippen LogP contribution in [0.4, 0.5) is 10.5 Å². The number of nitrogens with one attached hydrogen (secondary N) is 2. The zero-order chi connectivity index (χ0) is 16.5. The van der Waals surface area contributed by atoms with Crippen molar-refractivity contribution in [3.63, 3.8) is 0 Å². The fourth-order valence-electron chi connectivity index (χ4n) is 3.15. The van der Waals surface area contributed by atoms with Crippen molar-refractivity contribution in [2.45, 2.75) is 32.2 Å². The summed E-state index contributed by atoms with van der Waals surface area (Å²) in [4.78, 5) is 14.1. The number of fused-ring (bicyclic) bond motifs is 2. The number of carbonyl (C=O) groups excluding carboxylic acids is 1. The van der Waals surface area contributed by atoms with Crippen LogP contribution in [0.25, 0.3) is 10.9 Å². The summed E-state index contributed by atoms with van der Waals surface area (Å²) in [5.41, 5.74) is 3.57. The SMILES string of the molecule is CN(Cc1noc2c1CCCC2)C(=O)Nc1cccc2cn[nH]c12. The number of H-pyrrole nitrogens is 1. The Bertz CT molecular complexity index is 882. The number of nitrogens with zero attached hydrogens (tertiary/aromatic N) is 3. The Kier molecular flexibility index (Phi) is 3.68. The minimum Gasteiger partial charge on any atom is -0.361 e. The van der Waals surface area contributed by atoms with Gasteiger partial charge in [0.2, 0.25) is 0 Å². The molecule has 0 saturated carbocycles. The molecule has 7 nitrogen and oxygen atoms in total. The van der Waals surface area contributed by atoms with Gasteiger partial charge in [0.1, 0.15) is 11.5 Å². The van der Waals surface area contributed by atoms with E-state index in [2.05, 4.69) is 20.7 Å². The van der Waals surface area contributed by atoms with E-state index in [4.69, 9.17) is 4.52 Å². The molecule has 7 heteroatoms. The lowest BCUT2D eigenvalue weighted by molar-refractivity contribution is 0.219. The van der Waals surface area contributed by atoms with Crippen LogP contribution in [-0.4, -0.2) is 33.3 Å². The molecule has 4 rings (SSSR count). The number of urea groups is 1. The molecule has 24 heavy (non-hydrogen) atoms. The quantitative estimate of drug-likeness (QED) is 0.774. The van der Waals surface area contributed by atoms with Gasteiger partial charge >= 0.3 is 6.03 Å². The summed E-state index contributed by atoms with van der Waals surface area (Å²) in [5, 5.41) is 15.0. The van der Waals surface area contributed by atoms with Gasteiger partial charge in [-0.15, -0.1) is 0 Å². The summed E-state index contributed by atoms with van der Waals surface area (Å²) < 4.78 is 5.41.